The molecular formula is C17H18N4O3S. The van der Waals surface area contributed by atoms with E-state index in [1.165, 1.54) is 11.8 Å². The molecule has 2 rings (SSSR count). The number of hydrogen-bond acceptors (Lipinski definition) is 6. The lowest BCUT2D eigenvalue weighted by Crippen LogP contribution is -2.29. The summed E-state index contributed by atoms with van der Waals surface area (Å²) in [6.07, 6.45) is 5.03. The van der Waals surface area contributed by atoms with Gasteiger partial charge >= 0.3 is 5.97 Å². The Bertz CT molecular complexity index is 768. The molecule has 8 heteroatoms. The summed E-state index contributed by atoms with van der Waals surface area (Å²) in [6, 6.07) is 9.90. The molecule has 0 atom stereocenters. The first kappa shape index (κ1) is 18.5. The number of carbonyl (C=O) groups excluding carboxylic acids is 2. The van der Waals surface area contributed by atoms with Gasteiger partial charge in [-0.25, -0.2) is 0 Å². The second-order valence-electron chi connectivity index (χ2n) is 5.03. The molecule has 1 aromatic heterocycles. The minimum absolute atomic E-state index is 0.0370. The van der Waals surface area contributed by atoms with Crippen LogP contribution in [-0.4, -0.2) is 45.5 Å². The van der Waals surface area contributed by atoms with E-state index >= 15 is 0 Å². The van der Waals surface area contributed by atoms with Gasteiger partial charge in [-0.3, -0.25) is 9.59 Å². The van der Waals surface area contributed by atoms with Crippen LogP contribution >= 0.6 is 11.8 Å². The summed E-state index contributed by atoms with van der Waals surface area (Å²) in [5.41, 5.74) is 1.11. The first-order valence-electron chi connectivity index (χ1n) is 7.52. The Morgan fingerprint density at radius 3 is 2.80 bits per heavy atom. The zero-order chi connectivity index (χ0) is 18.1. The van der Waals surface area contributed by atoms with Gasteiger partial charge < -0.3 is 14.6 Å². The molecule has 0 spiro atoms. The van der Waals surface area contributed by atoms with E-state index < -0.39 is 11.9 Å². The van der Waals surface area contributed by atoms with E-state index in [4.69, 9.17) is 11.2 Å². The summed E-state index contributed by atoms with van der Waals surface area (Å²) in [7, 11) is 0. The Morgan fingerprint density at radius 1 is 1.32 bits per heavy atom. The number of carbonyl (C=O) groups is 2. The summed E-state index contributed by atoms with van der Waals surface area (Å²) >= 11 is 1.22. The third-order valence-electron chi connectivity index (χ3n) is 3.16. The first-order chi connectivity index (χ1) is 12.1. The molecule has 2 aromatic rings. The van der Waals surface area contributed by atoms with E-state index in [-0.39, 0.29) is 18.9 Å². The van der Waals surface area contributed by atoms with Crippen LogP contribution in [0.25, 0.3) is 0 Å². The van der Waals surface area contributed by atoms with Crippen molar-refractivity contribution < 1.29 is 14.3 Å². The van der Waals surface area contributed by atoms with Gasteiger partial charge in [-0.1, -0.05) is 48.0 Å². The summed E-state index contributed by atoms with van der Waals surface area (Å²) in [6.45, 7) is 2.23. The quantitative estimate of drug-likeness (QED) is 0.431. The maximum absolute atomic E-state index is 11.8. The minimum Gasteiger partial charge on any atom is -0.455 e. The van der Waals surface area contributed by atoms with Crippen LogP contribution in [0.1, 0.15) is 11.4 Å². The molecule has 0 saturated heterocycles. The summed E-state index contributed by atoms with van der Waals surface area (Å²) in [4.78, 5) is 23.1. The van der Waals surface area contributed by atoms with Crippen LogP contribution in [0.4, 0.5) is 0 Å². The molecule has 0 aliphatic heterocycles. The average molecular weight is 358 g/mol. The SMILES string of the molecule is C#CCNC(=O)COC(=O)CSc1nnc(C)n1Cc1ccccc1. The van der Waals surface area contributed by atoms with Crippen LogP contribution in [0, 0.1) is 19.3 Å². The third-order valence-corrected chi connectivity index (χ3v) is 4.10. The maximum Gasteiger partial charge on any atom is 0.316 e. The molecule has 130 valence electrons. The number of rotatable bonds is 8. The number of terminal acetylenes is 1. The van der Waals surface area contributed by atoms with Crippen molar-refractivity contribution in [2.75, 3.05) is 18.9 Å². The zero-order valence-corrected chi connectivity index (χ0v) is 14.6. The number of esters is 1. The number of nitrogens with one attached hydrogen (secondary N) is 1. The van der Waals surface area contributed by atoms with Crippen LogP contribution in [0.2, 0.25) is 0 Å². The van der Waals surface area contributed by atoms with Gasteiger partial charge in [0.05, 0.1) is 18.8 Å². The summed E-state index contributed by atoms with van der Waals surface area (Å²) < 4.78 is 6.81. The third kappa shape index (κ3) is 5.97. The van der Waals surface area contributed by atoms with Gasteiger partial charge in [0.15, 0.2) is 11.8 Å². The Balaban J connectivity index is 1.86. The van der Waals surface area contributed by atoms with Crippen LogP contribution in [0.3, 0.4) is 0 Å². The predicted octanol–water partition coefficient (Wildman–Crippen LogP) is 1.02. The van der Waals surface area contributed by atoms with Crippen molar-refractivity contribution in [3.05, 3.63) is 41.7 Å². The number of hydrogen-bond donors (Lipinski definition) is 1. The lowest BCUT2D eigenvalue weighted by Gasteiger charge is -2.08. The Kier molecular flexibility index (Phi) is 7.04. The van der Waals surface area contributed by atoms with Gasteiger partial charge in [0.1, 0.15) is 5.82 Å². The fourth-order valence-corrected chi connectivity index (χ4v) is 2.71. The van der Waals surface area contributed by atoms with E-state index in [1.54, 1.807) is 0 Å². The molecular weight excluding hydrogens is 340 g/mol. The van der Waals surface area contributed by atoms with Crippen molar-refractivity contribution in [3.8, 4) is 12.3 Å². The topological polar surface area (TPSA) is 86.1 Å². The van der Waals surface area contributed by atoms with E-state index in [0.29, 0.717) is 11.7 Å². The molecule has 1 heterocycles. The second-order valence-corrected chi connectivity index (χ2v) is 5.97. The molecule has 0 radical (unpaired) electrons. The van der Waals surface area contributed by atoms with Gasteiger partial charge in [-0.15, -0.1) is 16.6 Å². The van der Waals surface area contributed by atoms with Crippen LogP contribution in [-0.2, 0) is 20.9 Å². The highest BCUT2D eigenvalue weighted by Gasteiger charge is 2.13. The highest BCUT2D eigenvalue weighted by atomic mass is 32.2. The number of amides is 1. The monoisotopic (exact) mass is 358 g/mol. The van der Waals surface area contributed by atoms with Crippen LogP contribution in [0.15, 0.2) is 35.5 Å². The van der Waals surface area contributed by atoms with Crippen LogP contribution in [0.5, 0.6) is 0 Å². The predicted molar refractivity (Wildman–Crippen MR) is 93.8 cm³/mol. The standard InChI is InChI=1S/C17H18N4O3S/c1-3-9-18-15(22)11-24-16(23)12-25-17-20-19-13(2)21(17)10-14-7-5-4-6-8-14/h1,4-8H,9-12H2,2H3,(H,18,22). The van der Waals surface area contributed by atoms with Crippen molar-refractivity contribution in [2.24, 2.45) is 0 Å². The number of aryl methyl sites for hydroxylation is 1. The van der Waals surface area contributed by atoms with Crippen molar-refractivity contribution in [3.63, 3.8) is 0 Å². The number of benzene rings is 1. The number of nitrogens with zero attached hydrogens (tertiary/aromatic N) is 3. The Labute approximate surface area is 150 Å². The molecule has 1 N–H and O–H groups in total. The fraction of sp³-hybridized carbons (Fsp3) is 0.294. The van der Waals surface area contributed by atoms with Crippen LogP contribution < -0.4 is 5.32 Å². The normalized spacial score (nSPS) is 10.1. The Hall–Kier alpha value is -2.79. The first-order valence-corrected chi connectivity index (χ1v) is 8.51. The summed E-state index contributed by atoms with van der Waals surface area (Å²) in [5.74, 6) is 2.12. The summed E-state index contributed by atoms with van der Waals surface area (Å²) in [5, 5.41) is 11.2. The van der Waals surface area contributed by atoms with Crippen molar-refractivity contribution in [2.45, 2.75) is 18.6 Å². The van der Waals surface area contributed by atoms with E-state index in [0.717, 1.165) is 11.4 Å². The van der Waals surface area contributed by atoms with Gasteiger partial charge in [0.25, 0.3) is 5.91 Å². The molecule has 0 unspecified atom stereocenters. The second kappa shape index (κ2) is 9.49. The zero-order valence-electron chi connectivity index (χ0n) is 13.8. The molecule has 1 amide bonds. The number of aromatic nitrogens is 3. The molecule has 0 aliphatic rings. The van der Waals surface area contributed by atoms with Gasteiger partial charge in [0, 0.05) is 0 Å². The highest BCUT2D eigenvalue weighted by molar-refractivity contribution is 7.99. The Morgan fingerprint density at radius 2 is 2.08 bits per heavy atom. The molecule has 1 aromatic carbocycles. The van der Waals surface area contributed by atoms with Crippen molar-refractivity contribution in [1.29, 1.82) is 0 Å². The smallest absolute Gasteiger partial charge is 0.316 e. The number of thioether (sulfide) groups is 1. The van der Waals surface area contributed by atoms with E-state index in [1.807, 2.05) is 41.8 Å². The van der Waals surface area contributed by atoms with E-state index in [2.05, 4.69) is 21.4 Å². The molecule has 7 nitrogen and oxygen atoms in total. The largest absolute Gasteiger partial charge is 0.455 e. The van der Waals surface area contributed by atoms with Crippen molar-refractivity contribution in [1.82, 2.24) is 20.1 Å². The molecule has 25 heavy (non-hydrogen) atoms. The lowest BCUT2D eigenvalue weighted by molar-refractivity contribution is -0.145. The molecule has 0 bridgehead atoms. The van der Waals surface area contributed by atoms with Crippen molar-refractivity contribution >= 4 is 23.6 Å². The highest BCUT2D eigenvalue weighted by Crippen LogP contribution is 2.18. The molecule has 0 aliphatic carbocycles. The van der Waals surface area contributed by atoms with E-state index in [9.17, 15) is 9.59 Å². The average Bonchev–Trinajstić information content (AvgIpc) is 2.97. The van der Waals surface area contributed by atoms with Gasteiger partial charge in [0.2, 0.25) is 0 Å². The lowest BCUT2D eigenvalue weighted by atomic mass is 10.2. The minimum atomic E-state index is -0.507. The molecule has 0 saturated carbocycles. The number of ether oxygens (including phenoxy) is 1. The maximum atomic E-state index is 11.8. The van der Waals surface area contributed by atoms with Gasteiger partial charge in [-0.2, -0.15) is 0 Å². The molecule has 0 fully saturated rings. The fourth-order valence-electron chi connectivity index (χ4n) is 1.93. The van der Waals surface area contributed by atoms with Gasteiger partial charge in [-0.05, 0) is 12.5 Å².